The van der Waals surface area contributed by atoms with E-state index < -0.39 is 0 Å². The van der Waals surface area contributed by atoms with Crippen LogP contribution in [0.25, 0.3) is 16.7 Å². The van der Waals surface area contributed by atoms with E-state index in [4.69, 9.17) is 0 Å². The van der Waals surface area contributed by atoms with Gasteiger partial charge < -0.3 is 10.6 Å². The third-order valence-corrected chi connectivity index (χ3v) is 4.35. The van der Waals surface area contributed by atoms with E-state index in [1.165, 1.54) is 0 Å². The van der Waals surface area contributed by atoms with Gasteiger partial charge in [0.25, 0.3) is 5.91 Å². The Morgan fingerprint density at radius 1 is 0.966 bits per heavy atom. The fourth-order valence-corrected chi connectivity index (χ4v) is 2.98. The Hall–Kier alpha value is -4.00. The van der Waals surface area contributed by atoms with E-state index in [1.807, 2.05) is 49.4 Å². The second-order valence-corrected chi connectivity index (χ2v) is 6.54. The Kier molecular flexibility index (Phi) is 5.03. The molecule has 144 valence electrons. The first-order valence-corrected chi connectivity index (χ1v) is 9.16. The molecular formula is C22H19N5O2. The van der Waals surface area contributed by atoms with E-state index in [0.29, 0.717) is 17.2 Å². The molecule has 0 saturated heterocycles. The number of para-hydroxylation sites is 1. The van der Waals surface area contributed by atoms with Crippen LogP contribution in [0.1, 0.15) is 16.1 Å². The predicted octanol–water partition coefficient (Wildman–Crippen LogP) is 3.10. The number of carbonyl (C=O) groups excluding carboxylic acids is 2. The molecule has 7 heteroatoms. The van der Waals surface area contributed by atoms with Crippen LogP contribution in [-0.2, 0) is 4.79 Å². The van der Waals surface area contributed by atoms with E-state index in [-0.39, 0.29) is 18.4 Å². The van der Waals surface area contributed by atoms with Gasteiger partial charge in [0.2, 0.25) is 5.91 Å². The van der Waals surface area contributed by atoms with Gasteiger partial charge in [-0.2, -0.15) is 9.78 Å². The molecule has 7 nitrogen and oxygen atoms in total. The summed E-state index contributed by atoms with van der Waals surface area (Å²) in [5.74, 6) is 0.433. The summed E-state index contributed by atoms with van der Waals surface area (Å²) in [6, 6.07) is 22.1. The lowest BCUT2D eigenvalue weighted by molar-refractivity contribution is -0.115. The van der Waals surface area contributed by atoms with Crippen molar-refractivity contribution in [1.29, 1.82) is 0 Å². The highest BCUT2D eigenvalue weighted by molar-refractivity contribution is 5.99. The molecule has 0 spiro atoms. The number of rotatable bonds is 5. The maximum atomic E-state index is 12.4. The van der Waals surface area contributed by atoms with E-state index in [0.717, 1.165) is 16.6 Å². The summed E-state index contributed by atoms with van der Waals surface area (Å²) in [7, 11) is 0. The number of nitrogens with zero attached hydrogens (tertiary/aromatic N) is 3. The van der Waals surface area contributed by atoms with Gasteiger partial charge in [-0.05, 0) is 37.3 Å². The summed E-state index contributed by atoms with van der Waals surface area (Å²) < 4.78 is 1.58. The Morgan fingerprint density at radius 3 is 2.55 bits per heavy atom. The van der Waals surface area contributed by atoms with Crippen LogP contribution in [0.15, 0.2) is 72.8 Å². The van der Waals surface area contributed by atoms with Crippen LogP contribution in [-0.4, -0.2) is 33.1 Å². The molecule has 0 radical (unpaired) electrons. The number of amides is 2. The van der Waals surface area contributed by atoms with Crippen molar-refractivity contribution in [3.8, 4) is 5.82 Å². The average molecular weight is 385 g/mol. The monoisotopic (exact) mass is 385 g/mol. The van der Waals surface area contributed by atoms with Crippen LogP contribution in [0.5, 0.6) is 0 Å². The normalized spacial score (nSPS) is 10.7. The number of anilines is 1. The smallest absolute Gasteiger partial charge is 0.251 e. The molecule has 2 aromatic carbocycles. The molecule has 0 unspecified atom stereocenters. The molecule has 0 fully saturated rings. The SMILES string of the molecule is Cc1cc(NC(=O)CNC(=O)c2ccccc2)n(-c2ccc3ccccc3n2)n1. The van der Waals surface area contributed by atoms with Crippen molar-refractivity contribution in [3.63, 3.8) is 0 Å². The van der Waals surface area contributed by atoms with Crippen molar-refractivity contribution in [2.24, 2.45) is 0 Å². The molecule has 0 aliphatic carbocycles. The second kappa shape index (κ2) is 7.93. The Balaban J connectivity index is 1.49. The van der Waals surface area contributed by atoms with Crippen molar-refractivity contribution in [2.75, 3.05) is 11.9 Å². The summed E-state index contributed by atoms with van der Waals surface area (Å²) in [6.07, 6.45) is 0. The maximum Gasteiger partial charge on any atom is 0.251 e. The molecule has 4 rings (SSSR count). The molecule has 2 aromatic heterocycles. The van der Waals surface area contributed by atoms with Gasteiger partial charge in [-0.3, -0.25) is 9.59 Å². The molecule has 0 saturated carbocycles. The minimum absolute atomic E-state index is 0.150. The highest BCUT2D eigenvalue weighted by Gasteiger charge is 2.13. The van der Waals surface area contributed by atoms with Crippen molar-refractivity contribution >= 4 is 28.5 Å². The quantitative estimate of drug-likeness (QED) is 0.552. The van der Waals surface area contributed by atoms with E-state index in [2.05, 4.69) is 20.7 Å². The molecule has 4 aromatic rings. The zero-order chi connectivity index (χ0) is 20.2. The molecular weight excluding hydrogens is 366 g/mol. The van der Waals surface area contributed by atoms with Gasteiger partial charge in [0.05, 0.1) is 17.8 Å². The number of aromatic nitrogens is 3. The minimum Gasteiger partial charge on any atom is -0.343 e. The number of carbonyl (C=O) groups is 2. The van der Waals surface area contributed by atoms with Crippen LogP contribution >= 0.6 is 0 Å². The molecule has 2 amide bonds. The van der Waals surface area contributed by atoms with Crippen molar-refractivity contribution in [2.45, 2.75) is 6.92 Å². The highest BCUT2D eigenvalue weighted by atomic mass is 16.2. The fraction of sp³-hybridized carbons (Fsp3) is 0.0909. The lowest BCUT2D eigenvalue weighted by atomic mass is 10.2. The van der Waals surface area contributed by atoms with Gasteiger partial charge in [-0.25, -0.2) is 4.98 Å². The first-order chi connectivity index (χ1) is 14.1. The summed E-state index contributed by atoms with van der Waals surface area (Å²) >= 11 is 0. The summed E-state index contributed by atoms with van der Waals surface area (Å²) in [5, 5.41) is 10.9. The van der Waals surface area contributed by atoms with E-state index in [1.54, 1.807) is 35.0 Å². The fourth-order valence-electron chi connectivity index (χ4n) is 2.98. The second-order valence-electron chi connectivity index (χ2n) is 6.54. The summed E-state index contributed by atoms with van der Waals surface area (Å²) in [5.41, 5.74) is 2.08. The minimum atomic E-state index is -0.351. The van der Waals surface area contributed by atoms with Crippen LogP contribution in [0.3, 0.4) is 0 Å². The number of hydrogen-bond acceptors (Lipinski definition) is 4. The number of fused-ring (bicyclic) bond motifs is 1. The molecule has 0 aliphatic rings. The van der Waals surface area contributed by atoms with Gasteiger partial charge in [0.15, 0.2) is 5.82 Å². The largest absolute Gasteiger partial charge is 0.343 e. The van der Waals surface area contributed by atoms with Crippen molar-refractivity contribution in [1.82, 2.24) is 20.1 Å². The third-order valence-electron chi connectivity index (χ3n) is 4.35. The van der Waals surface area contributed by atoms with Gasteiger partial charge in [0, 0.05) is 17.0 Å². The number of benzene rings is 2. The summed E-state index contributed by atoms with van der Waals surface area (Å²) in [6.45, 7) is 1.69. The zero-order valence-electron chi connectivity index (χ0n) is 15.8. The van der Waals surface area contributed by atoms with Gasteiger partial charge in [-0.1, -0.05) is 36.4 Å². The average Bonchev–Trinajstić information content (AvgIpc) is 3.12. The number of pyridine rings is 1. The zero-order valence-corrected chi connectivity index (χ0v) is 15.8. The molecule has 29 heavy (non-hydrogen) atoms. The molecule has 2 N–H and O–H groups in total. The topological polar surface area (TPSA) is 88.9 Å². The number of aryl methyl sites for hydroxylation is 1. The van der Waals surface area contributed by atoms with Gasteiger partial charge in [0.1, 0.15) is 5.82 Å². The van der Waals surface area contributed by atoms with Crippen LogP contribution < -0.4 is 10.6 Å². The summed E-state index contributed by atoms with van der Waals surface area (Å²) in [4.78, 5) is 29.1. The van der Waals surface area contributed by atoms with Gasteiger partial charge in [-0.15, -0.1) is 0 Å². The lowest BCUT2D eigenvalue weighted by Gasteiger charge is -2.10. The van der Waals surface area contributed by atoms with Crippen molar-refractivity contribution < 1.29 is 9.59 Å². The van der Waals surface area contributed by atoms with Crippen LogP contribution in [0.2, 0.25) is 0 Å². The first-order valence-electron chi connectivity index (χ1n) is 9.16. The predicted molar refractivity (Wildman–Crippen MR) is 111 cm³/mol. The Labute approximate surface area is 167 Å². The maximum absolute atomic E-state index is 12.4. The molecule has 0 atom stereocenters. The molecule has 0 bridgehead atoms. The van der Waals surface area contributed by atoms with E-state index >= 15 is 0 Å². The van der Waals surface area contributed by atoms with E-state index in [9.17, 15) is 9.59 Å². The lowest BCUT2D eigenvalue weighted by Crippen LogP contribution is -2.33. The molecule has 2 heterocycles. The third kappa shape index (κ3) is 4.14. The number of hydrogen-bond donors (Lipinski definition) is 2. The van der Waals surface area contributed by atoms with Crippen LogP contribution in [0, 0.1) is 6.92 Å². The Morgan fingerprint density at radius 2 is 1.72 bits per heavy atom. The first kappa shape index (κ1) is 18.4. The Bertz CT molecular complexity index is 1180. The van der Waals surface area contributed by atoms with Crippen molar-refractivity contribution in [3.05, 3.63) is 84.1 Å². The van der Waals surface area contributed by atoms with Gasteiger partial charge >= 0.3 is 0 Å². The highest BCUT2D eigenvalue weighted by Crippen LogP contribution is 2.19. The van der Waals surface area contributed by atoms with Crippen LogP contribution in [0.4, 0.5) is 5.82 Å². The standard InChI is InChI=1S/C22H19N5O2/c1-15-13-20(25-21(28)14-23-22(29)17-8-3-2-4-9-17)27(26-15)19-12-11-16-7-5-6-10-18(16)24-19/h2-13H,14H2,1H3,(H,23,29)(H,25,28). The number of nitrogens with one attached hydrogen (secondary N) is 2. The molecule has 0 aliphatic heterocycles.